The van der Waals surface area contributed by atoms with Crippen LogP contribution in [-0.2, 0) is 9.53 Å². The summed E-state index contributed by atoms with van der Waals surface area (Å²) in [5, 5.41) is 3.30. The predicted molar refractivity (Wildman–Crippen MR) is 50.8 cm³/mol. The topological polar surface area (TPSA) is 41.6 Å². The van der Waals surface area contributed by atoms with Gasteiger partial charge in [0.1, 0.15) is 0 Å². The lowest BCUT2D eigenvalue weighted by Crippen LogP contribution is -2.45. The van der Waals surface area contributed by atoms with Gasteiger partial charge in [-0.1, -0.05) is 0 Å². The van der Waals surface area contributed by atoms with Crippen molar-refractivity contribution in [3.05, 3.63) is 0 Å². The maximum absolute atomic E-state index is 12.2. The van der Waals surface area contributed by atoms with Crippen molar-refractivity contribution in [3.8, 4) is 0 Å². The zero-order valence-corrected chi connectivity index (χ0v) is 8.29. The molecule has 0 unspecified atom stereocenters. The SMILES string of the molecule is O=C(N1CCOCC1)[C@]12CNC[C@H]1C2. The number of ether oxygens (including phenoxy) is 1. The largest absolute Gasteiger partial charge is 0.378 e. The molecule has 0 aromatic heterocycles. The number of amides is 1. The average molecular weight is 196 g/mol. The average Bonchev–Trinajstić information content (AvgIpc) is 2.82. The van der Waals surface area contributed by atoms with E-state index in [0.29, 0.717) is 25.0 Å². The molecule has 3 fully saturated rings. The van der Waals surface area contributed by atoms with Crippen LogP contribution >= 0.6 is 0 Å². The van der Waals surface area contributed by atoms with E-state index in [1.165, 1.54) is 0 Å². The molecule has 3 aliphatic rings. The maximum Gasteiger partial charge on any atom is 0.230 e. The molecule has 1 N–H and O–H groups in total. The molecular formula is C10H16N2O2. The zero-order valence-electron chi connectivity index (χ0n) is 8.29. The number of rotatable bonds is 1. The van der Waals surface area contributed by atoms with Gasteiger partial charge >= 0.3 is 0 Å². The quantitative estimate of drug-likeness (QED) is 0.612. The van der Waals surface area contributed by atoms with Crippen LogP contribution in [0.25, 0.3) is 0 Å². The first-order valence-electron chi connectivity index (χ1n) is 5.41. The molecule has 1 aliphatic carbocycles. The van der Waals surface area contributed by atoms with Gasteiger partial charge in [0.15, 0.2) is 0 Å². The lowest BCUT2D eigenvalue weighted by molar-refractivity contribution is -0.140. The van der Waals surface area contributed by atoms with Crippen LogP contribution in [0.3, 0.4) is 0 Å². The summed E-state index contributed by atoms with van der Waals surface area (Å²) in [4.78, 5) is 14.2. The Kier molecular flexibility index (Phi) is 1.82. The first-order chi connectivity index (χ1) is 6.83. The summed E-state index contributed by atoms with van der Waals surface area (Å²) >= 11 is 0. The summed E-state index contributed by atoms with van der Waals surface area (Å²) in [6.07, 6.45) is 1.11. The Hall–Kier alpha value is -0.610. The van der Waals surface area contributed by atoms with E-state index in [1.807, 2.05) is 4.90 Å². The summed E-state index contributed by atoms with van der Waals surface area (Å²) < 4.78 is 5.25. The molecule has 3 rings (SSSR count). The first kappa shape index (κ1) is 8.68. The molecule has 4 heteroatoms. The highest BCUT2D eigenvalue weighted by Crippen LogP contribution is 2.55. The highest BCUT2D eigenvalue weighted by atomic mass is 16.5. The van der Waals surface area contributed by atoms with Gasteiger partial charge in [-0.05, 0) is 18.9 Å². The van der Waals surface area contributed by atoms with Crippen molar-refractivity contribution in [2.24, 2.45) is 11.3 Å². The summed E-state index contributed by atoms with van der Waals surface area (Å²) in [7, 11) is 0. The Morgan fingerprint density at radius 3 is 2.79 bits per heavy atom. The van der Waals surface area contributed by atoms with E-state index < -0.39 is 0 Å². The van der Waals surface area contributed by atoms with E-state index in [1.54, 1.807) is 0 Å². The van der Waals surface area contributed by atoms with Crippen molar-refractivity contribution >= 4 is 5.91 Å². The normalized spacial score (nSPS) is 40.9. The lowest BCUT2D eigenvalue weighted by Gasteiger charge is -2.29. The molecule has 0 radical (unpaired) electrons. The van der Waals surface area contributed by atoms with E-state index in [2.05, 4.69) is 5.32 Å². The van der Waals surface area contributed by atoms with E-state index in [4.69, 9.17) is 4.74 Å². The predicted octanol–water partition coefficient (Wildman–Crippen LogP) is -0.545. The molecule has 78 valence electrons. The fraction of sp³-hybridized carbons (Fsp3) is 0.900. The molecule has 0 bridgehead atoms. The van der Waals surface area contributed by atoms with Gasteiger partial charge in [-0.15, -0.1) is 0 Å². The van der Waals surface area contributed by atoms with E-state index in [-0.39, 0.29) is 5.41 Å². The molecule has 4 nitrogen and oxygen atoms in total. The molecule has 2 aliphatic heterocycles. The van der Waals surface area contributed by atoms with Gasteiger partial charge in [0, 0.05) is 19.6 Å². The third kappa shape index (κ3) is 1.10. The number of nitrogens with zero attached hydrogens (tertiary/aromatic N) is 1. The Balaban J connectivity index is 1.70. The van der Waals surface area contributed by atoms with E-state index in [9.17, 15) is 4.79 Å². The monoisotopic (exact) mass is 196 g/mol. The van der Waals surface area contributed by atoms with Crippen molar-refractivity contribution < 1.29 is 9.53 Å². The Bertz CT molecular complexity index is 263. The number of piperidine rings is 1. The number of carbonyl (C=O) groups is 1. The second kappa shape index (κ2) is 2.94. The maximum atomic E-state index is 12.2. The van der Waals surface area contributed by atoms with Crippen LogP contribution in [0.1, 0.15) is 6.42 Å². The third-order valence-corrected chi connectivity index (χ3v) is 3.79. The third-order valence-electron chi connectivity index (χ3n) is 3.79. The molecule has 0 aromatic carbocycles. The number of hydrogen-bond donors (Lipinski definition) is 1. The molecule has 1 amide bonds. The molecule has 1 saturated carbocycles. The van der Waals surface area contributed by atoms with Gasteiger partial charge in [-0.3, -0.25) is 4.79 Å². The van der Waals surface area contributed by atoms with Crippen LogP contribution < -0.4 is 5.32 Å². The smallest absolute Gasteiger partial charge is 0.230 e. The van der Waals surface area contributed by atoms with Crippen molar-refractivity contribution in [2.75, 3.05) is 39.4 Å². The molecule has 2 heterocycles. The summed E-state index contributed by atoms with van der Waals surface area (Å²) in [5.74, 6) is 0.994. The second-order valence-electron chi connectivity index (χ2n) is 4.59. The Labute approximate surface area is 83.6 Å². The molecule has 14 heavy (non-hydrogen) atoms. The highest BCUT2D eigenvalue weighted by molar-refractivity contribution is 5.87. The molecule has 0 spiro atoms. The fourth-order valence-electron chi connectivity index (χ4n) is 2.75. The second-order valence-corrected chi connectivity index (χ2v) is 4.59. The van der Waals surface area contributed by atoms with Crippen LogP contribution in [0.2, 0.25) is 0 Å². The van der Waals surface area contributed by atoms with Crippen molar-refractivity contribution in [1.29, 1.82) is 0 Å². The summed E-state index contributed by atoms with van der Waals surface area (Å²) in [6, 6.07) is 0. The number of fused-ring (bicyclic) bond motifs is 1. The highest BCUT2D eigenvalue weighted by Gasteiger charge is 2.63. The van der Waals surface area contributed by atoms with Gasteiger partial charge in [-0.2, -0.15) is 0 Å². The van der Waals surface area contributed by atoms with Gasteiger partial charge in [0.2, 0.25) is 5.91 Å². The van der Waals surface area contributed by atoms with Gasteiger partial charge in [0.05, 0.1) is 18.6 Å². The van der Waals surface area contributed by atoms with Crippen LogP contribution in [0, 0.1) is 11.3 Å². The standard InChI is InChI=1S/C10H16N2O2/c13-9(12-1-3-14-4-2-12)10-5-8(10)6-11-7-10/h8,11H,1-7H2/t8-,10-/m1/s1. The van der Waals surface area contributed by atoms with Crippen molar-refractivity contribution in [2.45, 2.75) is 6.42 Å². The van der Waals surface area contributed by atoms with Crippen LogP contribution in [0.15, 0.2) is 0 Å². The van der Waals surface area contributed by atoms with E-state index in [0.717, 1.165) is 32.6 Å². The van der Waals surface area contributed by atoms with Gasteiger partial charge < -0.3 is 15.0 Å². The van der Waals surface area contributed by atoms with Crippen molar-refractivity contribution in [3.63, 3.8) is 0 Å². The first-order valence-corrected chi connectivity index (χ1v) is 5.41. The number of morpholine rings is 1. The summed E-state index contributed by atoms with van der Waals surface area (Å²) in [5.41, 5.74) is -0.00264. The van der Waals surface area contributed by atoms with Crippen molar-refractivity contribution in [1.82, 2.24) is 10.2 Å². The fourth-order valence-corrected chi connectivity index (χ4v) is 2.75. The van der Waals surface area contributed by atoms with Crippen LogP contribution in [-0.4, -0.2) is 50.2 Å². The van der Waals surface area contributed by atoms with Crippen LogP contribution in [0.5, 0.6) is 0 Å². The zero-order chi connectivity index (χ0) is 9.60. The lowest BCUT2D eigenvalue weighted by atomic mass is 10.0. The molecule has 2 atom stereocenters. The number of carbonyl (C=O) groups excluding carboxylic acids is 1. The Morgan fingerprint density at radius 2 is 2.21 bits per heavy atom. The van der Waals surface area contributed by atoms with Gasteiger partial charge in [0.25, 0.3) is 0 Å². The number of nitrogens with one attached hydrogen (secondary N) is 1. The Morgan fingerprint density at radius 1 is 1.43 bits per heavy atom. The number of hydrogen-bond acceptors (Lipinski definition) is 3. The van der Waals surface area contributed by atoms with E-state index >= 15 is 0 Å². The molecular weight excluding hydrogens is 180 g/mol. The molecule has 2 saturated heterocycles. The van der Waals surface area contributed by atoms with Gasteiger partial charge in [-0.25, -0.2) is 0 Å². The summed E-state index contributed by atoms with van der Waals surface area (Å²) in [6.45, 7) is 4.92. The molecule has 0 aromatic rings. The van der Waals surface area contributed by atoms with Crippen LogP contribution in [0.4, 0.5) is 0 Å². The minimum atomic E-state index is -0.00264. The minimum Gasteiger partial charge on any atom is -0.378 e. The minimum absolute atomic E-state index is 0.00264.